The summed E-state index contributed by atoms with van der Waals surface area (Å²) in [5, 5.41) is 4.20. The summed E-state index contributed by atoms with van der Waals surface area (Å²) in [5.74, 6) is 0. The van der Waals surface area contributed by atoms with Crippen LogP contribution in [0.5, 0.6) is 0 Å². The second kappa shape index (κ2) is 6.08. The molecular weight excluding hydrogens is 280 g/mol. The summed E-state index contributed by atoms with van der Waals surface area (Å²) in [4.78, 5) is 2.37. The molecule has 1 unspecified atom stereocenters. The molecule has 0 aliphatic carbocycles. The molecule has 3 rings (SSSR count). The molecule has 0 aromatic heterocycles. The summed E-state index contributed by atoms with van der Waals surface area (Å²) in [6.07, 6.45) is 1.14. The third kappa shape index (κ3) is 3.22. The molecule has 1 heterocycles. The monoisotopic (exact) mass is 300 g/mol. The zero-order valence-corrected chi connectivity index (χ0v) is 13.3. The van der Waals surface area contributed by atoms with Crippen LogP contribution < -0.4 is 5.32 Å². The van der Waals surface area contributed by atoms with Gasteiger partial charge < -0.3 is 5.32 Å². The van der Waals surface area contributed by atoms with Gasteiger partial charge in [-0.2, -0.15) is 0 Å². The molecule has 110 valence electrons. The van der Waals surface area contributed by atoms with Crippen LogP contribution in [0.3, 0.4) is 0 Å². The average molecular weight is 301 g/mol. The zero-order chi connectivity index (χ0) is 14.8. The van der Waals surface area contributed by atoms with Gasteiger partial charge in [0.2, 0.25) is 0 Å². The number of benzene rings is 2. The fraction of sp³-hybridized carbons (Fsp3) is 0.333. The van der Waals surface area contributed by atoms with Gasteiger partial charge in [0.15, 0.2) is 0 Å². The highest BCUT2D eigenvalue weighted by molar-refractivity contribution is 6.30. The smallest absolute Gasteiger partial charge is 0.0406 e. The molecule has 3 heteroatoms. The highest BCUT2D eigenvalue weighted by Gasteiger charge is 2.14. The molecule has 0 spiro atoms. The lowest BCUT2D eigenvalue weighted by Crippen LogP contribution is -2.21. The molecule has 1 aliphatic rings. The minimum atomic E-state index is 0.369. The molecule has 0 fully saturated rings. The number of hydrogen-bond acceptors (Lipinski definition) is 2. The first kappa shape index (κ1) is 14.4. The molecule has 2 aromatic carbocycles. The van der Waals surface area contributed by atoms with Crippen molar-refractivity contribution in [1.82, 2.24) is 4.90 Å². The van der Waals surface area contributed by atoms with E-state index in [-0.39, 0.29) is 0 Å². The molecule has 1 atom stereocenters. The standard InChI is InChI=1S/C18H21ClN2/c1-13(15-4-6-17(19)7-5-15)21(2)12-14-3-8-18-16(11-14)9-10-20-18/h3-8,11,13,20H,9-10,12H2,1-2H3. The minimum absolute atomic E-state index is 0.369. The molecule has 0 radical (unpaired) electrons. The van der Waals surface area contributed by atoms with Gasteiger partial charge in [-0.15, -0.1) is 0 Å². The van der Waals surface area contributed by atoms with E-state index in [1.165, 1.54) is 22.4 Å². The van der Waals surface area contributed by atoms with E-state index in [1.54, 1.807) is 0 Å². The fourth-order valence-electron chi connectivity index (χ4n) is 2.88. The van der Waals surface area contributed by atoms with Crippen LogP contribution in [0.25, 0.3) is 0 Å². The van der Waals surface area contributed by atoms with Gasteiger partial charge in [0, 0.05) is 29.8 Å². The summed E-state index contributed by atoms with van der Waals surface area (Å²) >= 11 is 5.96. The van der Waals surface area contributed by atoms with Crippen LogP contribution in [0, 0.1) is 0 Å². The van der Waals surface area contributed by atoms with Crippen molar-refractivity contribution < 1.29 is 0 Å². The average Bonchev–Trinajstić information content (AvgIpc) is 2.95. The van der Waals surface area contributed by atoms with Gasteiger partial charge in [-0.05, 0) is 55.3 Å². The Morgan fingerprint density at radius 1 is 1.19 bits per heavy atom. The second-order valence-corrected chi connectivity index (χ2v) is 6.25. The van der Waals surface area contributed by atoms with Gasteiger partial charge in [0.05, 0.1) is 0 Å². The Morgan fingerprint density at radius 2 is 1.95 bits per heavy atom. The number of anilines is 1. The molecule has 0 saturated carbocycles. The van der Waals surface area contributed by atoms with E-state index in [0.29, 0.717) is 6.04 Å². The molecule has 21 heavy (non-hydrogen) atoms. The molecule has 1 N–H and O–H groups in total. The largest absolute Gasteiger partial charge is 0.384 e. The predicted octanol–water partition coefficient (Wildman–Crippen LogP) is 4.50. The Morgan fingerprint density at radius 3 is 2.71 bits per heavy atom. The van der Waals surface area contributed by atoms with Gasteiger partial charge >= 0.3 is 0 Å². The summed E-state index contributed by atoms with van der Waals surface area (Å²) in [5.41, 5.74) is 5.41. The highest BCUT2D eigenvalue weighted by atomic mass is 35.5. The molecule has 1 aliphatic heterocycles. The highest BCUT2D eigenvalue weighted by Crippen LogP contribution is 2.26. The number of rotatable bonds is 4. The number of hydrogen-bond donors (Lipinski definition) is 1. The SMILES string of the molecule is CC(c1ccc(Cl)cc1)N(C)Cc1ccc2c(c1)CCN2. The summed E-state index contributed by atoms with van der Waals surface area (Å²) in [6, 6.07) is 15.3. The van der Waals surface area contributed by atoms with Crippen LogP contribution in [0.15, 0.2) is 42.5 Å². The minimum Gasteiger partial charge on any atom is -0.384 e. The topological polar surface area (TPSA) is 15.3 Å². The van der Waals surface area contributed by atoms with Crippen molar-refractivity contribution in [3.8, 4) is 0 Å². The van der Waals surface area contributed by atoms with Crippen LogP contribution >= 0.6 is 11.6 Å². The molecular formula is C18H21ClN2. The first-order chi connectivity index (χ1) is 10.1. The van der Waals surface area contributed by atoms with Crippen LogP contribution in [0.2, 0.25) is 5.02 Å². The lowest BCUT2D eigenvalue weighted by atomic mass is 10.0. The van der Waals surface area contributed by atoms with E-state index >= 15 is 0 Å². The van der Waals surface area contributed by atoms with E-state index in [9.17, 15) is 0 Å². The van der Waals surface area contributed by atoms with Gasteiger partial charge in [-0.3, -0.25) is 4.90 Å². The van der Waals surface area contributed by atoms with Crippen molar-refractivity contribution in [3.05, 3.63) is 64.2 Å². The molecule has 2 aromatic rings. The van der Waals surface area contributed by atoms with Crippen molar-refractivity contribution in [2.24, 2.45) is 0 Å². The fourth-order valence-corrected chi connectivity index (χ4v) is 3.00. The lowest BCUT2D eigenvalue weighted by molar-refractivity contribution is 0.253. The first-order valence-corrected chi connectivity index (χ1v) is 7.82. The first-order valence-electron chi connectivity index (χ1n) is 7.45. The zero-order valence-electron chi connectivity index (χ0n) is 12.6. The maximum Gasteiger partial charge on any atom is 0.0406 e. The van der Waals surface area contributed by atoms with Crippen molar-refractivity contribution in [1.29, 1.82) is 0 Å². The van der Waals surface area contributed by atoms with E-state index in [0.717, 1.165) is 24.5 Å². The number of nitrogens with one attached hydrogen (secondary N) is 1. The van der Waals surface area contributed by atoms with Crippen LogP contribution in [-0.2, 0) is 13.0 Å². The number of nitrogens with zero attached hydrogens (tertiary/aromatic N) is 1. The third-order valence-electron chi connectivity index (χ3n) is 4.32. The van der Waals surface area contributed by atoms with Crippen molar-refractivity contribution >= 4 is 17.3 Å². The Balaban J connectivity index is 1.70. The Kier molecular flexibility index (Phi) is 4.18. The van der Waals surface area contributed by atoms with Gasteiger partial charge in [-0.1, -0.05) is 35.9 Å². The molecule has 0 bridgehead atoms. The number of fused-ring (bicyclic) bond motifs is 1. The molecule has 0 saturated heterocycles. The van der Waals surface area contributed by atoms with Gasteiger partial charge in [0.1, 0.15) is 0 Å². The van der Waals surface area contributed by atoms with Crippen molar-refractivity contribution in [2.45, 2.75) is 25.9 Å². The Hall–Kier alpha value is -1.51. The second-order valence-electron chi connectivity index (χ2n) is 5.81. The third-order valence-corrected chi connectivity index (χ3v) is 4.58. The summed E-state index contributed by atoms with van der Waals surface area (Å²) in [6.45, 7) is 4.25. The van der Waals surface area contributed by atoms with Gasteiger partial charge in [0.25, 0.3) is 0 Å². The van der Waals surface area contributed by atoms with Crippen molar-refractivity contribution in [2.75, 3.05) is 18.9 Å². The van der Waals surface area contributed by atoms with E-state index in [2.05, 4.69) is 54.5 Å². The quantitative estimate of drug-likeness (QED) is 0.894. The maximum absolute atomic E-state index is 5.96. The Labute approximate surface area is 131 Å². The molecule has 0 amide bonds. The van der Waals surface area contributed by atoms with Crippen molar-refractivity contribution in [3.63, 3.8) is 0 Å². The number of halogens is 1. The Bertz CT molecular complexity index is 622. The van der Waals surface area contributed by atoms with Crippen LogP contribution in [0.1, 0.15) is 29.7 Å². The summed E-state index contributed by atoms with van der Waals surface area (Å²) in [7, 11) is 2.17. The van der Waals surface area contributed by atoms with E-state index in [4.69, 9.17) is 11.6 Å². The normalized spacial score (nSPS) is 14.9. The van der Waals surface area contributed by atoms with Crippen LogP contribution in [-0.4, -0.2) is 18.5 Å². The predicted molar refractivity (Wildman–Crippen MR) is 90.0 cm³/mol. The lowest BCUT2D eigenvalue weighted by Gasteiger charge is -2.25. The molecule has 2 nitrogen and oxygen atoms in total. The van der Waals surface area contributed by atoms with E-state index in [1.807, 2.05) is 12.1 Å². The van der Waals surface area contributed by atoms with Gasteiger partial charge in [-0.25, -0.2) is 0 Å². The van der Waals surface area contributed by atoms with E-state index < -0.39 is 0 Å². The van der Waals surface area contributed by atoms with Crippen LogP contribution in [0.4, 0.5) is 5.69 Å². The summed E-state index contributed by atoms with van der Waals surface area (Å²) < 4.78 is 0. The maximum atomic E-state index is 5.96.